The van der Waals surface area contributed by atoms with Crippen molar-refractivity contribution >= 4 is 52.0 Å². The zero-order valence-corrected chi connectivity index (χ0v) is 12.4. The number of hydrogen-bond acceptors (Lipinski definition) is 6. The number of rotatable bonds is 4. The Bertz CT molecular complexity index is 576. The molecule has 1 atom stereocenters. The third kappa shape index (κ3) is 3.82. The number of amides is 1. The van der Waals surface area contributed by atoms with Crippen LogP contribution in [-0.2, 0) is 4.79 Å². The molecule has 5 nitrogen and oxygen atoms in total. The Hall–Kier alpha value is -1.31. The number of carbonyl (C=O) groups is 1. The van der Waals surface area contributed by atoms with Crippen LogP contribution in [0.3, 0.4) is 0 Å². The van der Waals surface area contributed by atoms with Gasteiger partial charge in [-0.1, -0.05) is 34.7 Å². The van der Waals surface area contributed by atoms with Gasteiger partial charge in [0.05, 0.1) is 16.6 Å². The van der Waals surface area contributed by atoms with Gasteiger partial charge in [-0.15, -0.1) is 10.2 Å². The van der Waals surface area contributed by atoms with E-state index in [0.717, 1.165) is 4.34 Å². The van der Waals surface area contributed by atoms with Crippen LogP contribution in [0.25, 0.3) is 0 Å². The van der Waals surface area contributed by atoms with Gasteiger partial charge in [-0.25, -0.2) is 0 Å². The number of anilines is 2. The number of nitrogens with one attached hydrogen (secondary N) is 1. The maximum atomic E-state index is 12.0. The first-order chi connectivity index (χ1) is 9.06. The number of carbonyl (C=O) groups excluding carboxylic acids is 1. The molecule has 0 bridgehead atoms. The van der Waals surface area contributed by atoms with Crippen molar-refractivity contribution in [3.63, 3.8) is 0 Å². The second-order valence-electron chi connectivity index (χ2n) is 3.69. The summed E-state index contributed by atoms with van der Waals surface area (Å²) in [7, 11) is 0. The Balaban J connectivity index is 2.02. The van der Waals surface area contributed by atoms with Crippen molar-refractivity contribution in [3.8, 4) is 0 Å². The molecule has 0 spiro atoms. The lowest BCUT2D eigenvalue weighted by Crippen LogP contribution is -2.22. The van der Waals surface area contributed by atoms with Gasteiger partial charge in [-0.2, -0.15) is 0 Å². The minimum absolute atomic E-state index is 0.158. The van der Waals surface area contributed by atoms with Gasteiger partial charge in [0, 0.05) is 5.02 Å². The highest BCUT2D eigenvalue weighted by molar-refractivity contribution is 8.02. The van der Waals surface area contributed by atoms with Gasteiger partial charge in [0.25, 0.3) is 0 Å². The van der Waals surface area contributed by atoms with Crippen LogP contribution in [0, 0.1) is 0 Å². The number of benzene rings is 1. The van der Waals surface area contributed by atoms with Crippen LogP contribution < -0.4 is 11.1 Å². The summed E-state index contributed by atoms with van der Waals surface area (Å²) in [5.41, 5.74) is 8.39. The van der Waals surface area contributed by atoms with E-state index in [4.69, 9.17) is 17.3 Å². The van der Waals surface area contributed by atoms with E-state index < -0.39 is 0 Å². The first-order valence-corrected chi connectivity index (χ1v) is 7.48. The number of aromatic nitrogens is 2. The van der Waals surface area contributed by atoms with Crippen molar-refractivity contribution in [1.29, 1.82) is 0 Å². The summed E-state index contributed by atoms with van der Waals surface area (Å²) in [6.45, 7) is 1.79. The lowest BCUT2D eigenvalue weighted by Gasteiger charge is -2.12. The predicted octanol–water partition coefficient (Wildman–Crippen LogP) is 2.89. The molecular weight excluding hydrogens is 304 g/mol. The molecule has 0 saturated heterocycles. The molecule has 8 heteroatoms. The second-order valence-corrected chi connectivity index (χ2v) is 6.54. The second kappa shape index (κ2) is 6.23. The molecule has 1 aromatic heterocycles. The summed E-state index contributed by atoms with van der Waals surface area (Å²) in [5.74, 6) is -0.158. The maximum Gasteiger partial charge on any atom is 0.237 e. The van der Waals surface area contributed by atoms with E-state index in [0.29, 0.717) is 16.4 Å². The van der Waals surface area contributed by atoms with Crippen molar-refractivity contribution in [1.82, 2.24) is 10.2 Å². The molecule has 0 aliphatic carbocycles. The molecule has 3 N–H and O–H groups in total. The van der Waals surface area contributed by atoms with Gasteiger partial charge in [0.15, 0.2) is 4.34 Å². The Kier molecular flexibility index (Phi) is 4.62. The summed E-state index contributed by atoms with van der Waals surface area (Å²) in [6.07, 6.45) is 0. The van der Waals surface area contributed by atoms with E-state index in [9.17, 15) is 4.79 Å². The smallest absolute Gasteiger partial charge is 0.237 e. The molecule has 0 aliphatic rings. The fourth-order valence-electron chi connectivity index (χ4n) is 1.29. The fourth-order valence-corrected chi connectivity index (χ4v) is 3.09. The Morgan fingerprint density at radius 1 is 1.58 bits per heavy atom. The third-order valence-electron chi connectivity index (χ3n) is 2.26. The fraction of sp³-hybridized carbons (Fsp3) is 0.182. The molecule has 0 radical (unpaired) electrons. The molecule has 2 aromatic rings. The van der Waals surface area contributed by atoms with Gasteiger partial charge >= 0.3 is 0 Å². The Morgan fingerprint density at radius 2 is 2.37 bits per heavy atom. The average Bonchev–Trinajstić information content (AvgIpc) is 2.86. The largest absolute Gasteiger partial charge is 0.397 e. The van der Waals surface area contributed by atoms with Gasteiger partial charge in [-0.05, 0) is 25.1 Å². The SMILES string of the molecule is CC(Sc1nncs1)C(=O)Nc1cc(Cl)ccc1N. The van der Waals surface area contributed by atoms with E-state index >= 15 is 0 Å². The molecule has 0 aliphatic heterocycles. The first kappa shape index (κ1) is 14.1. The van der Waals surface area contributed by atoms with Gasteiger partial charge < -0.3 is 11.1 Å². The van der Waals surface area contributed by atoms with Crippen molar-refractivity contribution in [2.75, 3.05) is 11.1 Å². The number of halogens is 1. The normalized spacial score (nSPS) is 12.1. The van der Waals surface area contributed by atoms with Crippen LogP contribution in [0.5, 0.6) is 0 Å². The molecule has 1 amide bonds. The van der Waals surface area contributed by atoms with E-state index in [1.165, 1.54) is 23.1 Å². The molecule has 1 unspecified atom stereocenters. The van der Waals surface area contributed by atoms with E-state index in [2.05, 4.69) is 15.5 Å². The standard InChI is InChI=1S/C11H11ClN4OS2/c1-6(19-11-16-14-5-18-11)10(17)15-9-4-7(12)2-3-8(9)13/h2-6H,13H2,1H3,(H,15,17). The number of thioether (sulfide) groups is 1. The van der Waals surface area contributed by atoms with Crippen LogP contribution in [0.2, 0.25) is 5.02 Å². The minimum Gasteiger partial charge on any atom is -0.397 e. The third-order valence-corrected chi connectivity index (χ3v) is 4.41. The lowest BCUT2D eigenvalue weighted by molar-refractivity contribution is -0.115. The van der Waals surface area contributed by atoms with Crippen molar-refractivity contribution < 1.29 is 4.79 Å². The van der Waals surface area contributed by atoms with E-state index in [1.807, 2.05) is 0 Å². The number of hydrogen-bond donors (Lipinski definition) is 2. The van der Waals surface area contributed by atoms with Crippen molar-refractivity contribution in [2.45, 2.75) is 16.5 Å². The molecule has 0 saturated carbocycles. The average molecular weight is 315 g/mol. The van der Waals surface area contributed by atoms with Crippen LogP contribution in [0.15, 0.2) is 28.0 Å². The quantitative estimate of drug-likeness (QED) is 0.670. The molecule has 2 rings (SSSR count). The minimum atomic E-state index is -0.300. The van der Waals surface area contributed by atoms with Crippen LogP contribution >= 0.6 is 34.7 Å². The highest BCUT2D eigenvalue weighted by Gasteiger charge is 2.17. The molecule has 1 aromatic carbocycles. The van der Waals surface area contributed by atoms with E-state index in [-0.39, 0.29) is 11.2 Å². The highest BCUT2D eigenvalue weighted by atomic mass is 35.5. The number of nitrogens with two attached hydrogens (primary N) is 1. The summed E-state index contributed by atoms with van der Waals surface area (Å²) < 4.78 is 0.752. The number of nitrogen functional groups attached to an aromatic ring is 1. The molecule has 19 heavy (non-hydrogen) atoms. The molecule has 1 heterocycles. The molecule has 0 fully saturated rings. The summed E-state index contributed by atoms with van der Waals surface area (Å²) >= 11 is 8.61. The Morgan fingerprint density at radius 3 is 3.05 bits per heavy atom. The zero-order valence-electron chi connectivity index (χ0n) is 9.96. The van der Waals surface area contributed by atoms with Crippen molar-refractivity contribution in [3.05, 3.63) is 28.7 Å². The van der Waals surface area contributed by atoms with Crippen LogP contribution in [-0.4, -0.2) is 21.4 Å². The van der Waals surface area contributed by atoms with Crippen molar-refractivity contribution in [2.24, 2.45) is 0 Å². The maximum absolute atomic E-state index is 12.0. The predicted molar refractivity (Wildman–Crippen MR) is 79.7 cm³/mol. The number of nitrogens with zero attached hydrogens (tertiary/aromatic N) is 2. The zero-order chi connectivity index (χ0) is 13.8. The van der Waals surface area contributed by atoms with Gasteiger partial charge in [0.1, 0.15) is 5.51 Å². The van der Waals surface area contributed by atoms with Crippen LogP contribution in [0.4, 0.5) is 11.4 Å². The monoisotopic (exact) mass is 314 g/mol. The van der Waals surface area contributed by atoms with E-state index in [1.54, 1.807) is 30.6 Å². The molecular formula is C11H11ClN4OS2. The van der Waals surface area contributed by atoms with Gasteiger partial charge in [0.2, 0.25) is 5.91 Å². The summed E-state index contributed by atoms with van der Waals surface area (Å²) in [4.78, 5) is 12.0. The van der Waals surface area contributed by atoms with Gasteiger partial charge in [-0.3, -0.25) is 4.79 Å². The first-order valence-electron chi connectivity index (χ1n) is 5.35. The molecule has 100 valence electrons. The Labute approximate surface area is 123 Å². The van der Waals surface area contributed by atoms with Crippen LogP contribution in [0.1, 0.15) is 6.92 Å². The highest BCUT2D eigenvalue weighted by Crippen LogP contribution is 2.27. The summed E-state index contributed by atoms with van der Waals surface area (Å²) in [5, 5.41) is 10.6. The topological polar surface area (TPSA) is 80.9 Å². The summed E-state index contributed by atoms with van der Waals surface area (Å²) in [6, 6.07) is 4.95. The lowest BCUT2D eigenvalue weighted by atomic mass is 10.2.